The van der Waals surface area contributed by atoms with E-state index < -0.39 is 12.0 Å². The van der Waals surface area contributed by atoms with Crippen LogP contribution in [0.25, 0.3) is 0 Å². The summed E-state index contributed by atoms with van der Waals surface area (Å²) in [5.74, 6) is -2.73. The van der Waals surface area contributed by atoms with E-state index in [1.165, 1.54) is 0 Å². The molecule has 1 unspecified atom stereocenters. The van der Waals surface area contributed by atoms with Crippen LogP contribution in [0.15, 0.2) is 12.7 Å². The zero-order valence-electron chi connectivity index (χ0n) is 5.74. The van der Waals surface area contributed by atoms with Gasteiger partial charge >= 0.3 is 0 Å². The van der Waals surface area contributed by atoms with Gasteiger partial charge in [0, 0.05) is 0 Å². The molecule has 0 amide bonds. The monoisotopic (exact) mass is 147 g/mol. The Balaban J connectivity index is 2.53. The van der Waals surface area contributed by atoms with Crippen LogP contribution in [0.3, 0.4) is 0 Å². The Morgan fingerprint density at radius 1 is 1.60 bits per heavy atom. The Bertz CT molecular complexity index is 128. The minimum Gasteiger partial charge on any atom is -0.308 e. The third-order valence-corrected chi connectivity index (χ3v) is 1.80. The number of rotatable bonds is 2. The molecule has 58 valence electrons. The second-order valence-electron chi connectivity index (χ2n) is 2.53. The molecule has 1 N–H and O–H groups in total. The van der Waals surface area contributed by atoms with E-state index in [0.29, 0.717) is 13.0 Å². The fourth-order valence-corrected chi connectivity index (χ4v) is 1.16. The summed E-state index contributed by atoms with van der Waals surface area (Å²) in [7, 11) is 0. The lowest BCUT2D eigenvalue weighted by molar-refractivity contribution is 0.0197. The Hall–Kier alpha value is -0.440. The maximum atomic E-state index is 12.7. The van der Waals surface area contributed by atoms with Crippen LogP contribution in [0.5, 0.6) is 0 Å². The molecule has 1 aliphatic heterocycles. The minimum absolute atomic E-state index is 0.555. The third kappa shape index (κ3) is 1.34. The number of nitrogens with one attached hydrogen (secondary N) is 1. The molecule has 0 aromatic heterocycles. The molecule has 1 nitrogen and oxygen atoms in total. The van der Waals surface area contributed by atoms with E-state index in [1.54, 1.807) is 0 Å². The molecule has 0 aliphatic carbocycles. The first-order valence-corrected chi connectivity index (χ1v) is 3.41. The van der Waals surface area contributed by atoms with Gasteiger partial charge in [-0.3, -0.25) is 0 Å². The molecule has 0 saturated carbocycles. The predicted molar refractivity (Wildman–Crippen MR) is 36.2 cm³/mol. The zero-order chi connectivity index (χ0) is 7.61. The van der Waals surface area contributed by atoms with Gasteiger partial charge in [0.25, 0.3) is 5.92 Å². The maximum absolute atomic E-state index is 12.7. The molecule has 1 saturated heterocycles. The van der Waals surface area contributed by atoms with Gasteiger partial charge in [-0.15, -0.1) is 0 Å². The van der Waals surface area contributed by atoms with Crippen LogP contribution in [-0.2, 0) is 0 Å². The molecule has 1 heterocycles. The molecule has 1 atom stereocenters. The third-order valence-electron chi connectivity index (χ3n) is 1.80. The predicted octanol–water partition coefficient (Wildman–Crippen LogP) is 1.56. The van der Waals surface area contributed by atoms with E-state index in [0.717, 1.165) is 12.5 Å². The van der Waals surface area contributed by atoms with Crippen molar-refractivity contribution in [3.8, 4) is 0 Å². The van der Waals surface area contributed by atoms with Crippen molar-refractivity contribution in [1.82, 2.24) is 5.32 Å². The van der Waals surface area contributed by atoms with Gasteiger partial charge in [-0.2, -0.15) is 0 Å². The molecule has 1 fully saturated rings. The first-order chi connectivity index (χ1) is 4.67. The van der Waals surface area contributed by atoms with E-state index in [2.05, 4.69) is 11.9 Å². The van der Waals surface area contributed by atoms with Gasteiger partial charge in [-0.1, -0.05) is 6.58 Å². The van der Waals surface area contributed by atoms with Crippen LogP contribution < -0.4 is 5.32 Å². The molecule has 0 radical (unpaired) electrons. The van der Waals surface area contributed by atoms with Crippen molar-refractivity contribution >= 4 is 0 Å². The Morgan fingerprint density at radius 3 is 2.70 bits per heavy atom. The fourth-order valence-electron chi connectivity index (χ4n) is 1.16. The average molecular weight is 147 g/mol. The highest BCUT2D eigenvalue weighted by Crippen LogP contribution is 2.25. The quantitative estimate of drug-likeness (QED) is 0.584. The lowest BCUT2D eigenvalue weighted by Crippen LogP contribution is -2.38. The van der Waals surface area contributed by atoms with Crippen molar-refractivity contribution in [2.24, 2.45) is 0 Å². The molecular weight excluding hydrogens is 136 g/mol. The van der Waals surface area contributed by atoms with Crippen molar-refractivity contribution in [1.29, 1.82) is 0 Å². The Morgan fingerprint density at radius 2 is 2.30 bits per heavy atom. The molecule has 1 rings (SSSR count). The molecule has 0 aromatic rings. The van der Waals surface area contributed by atoms with Gasteiger partial charge in [-0.05, 0) is 25.5 Å². The molecule has 0 spiro atoms. The molecule has 3 heteroatoms. The highest BCUT2D eigenvalue weighted by atomic mass is 19.3. The van der Waals surface area contributed by atoms with Gasteiger partial charge in [-0.25, -0.2) is 8.78 Å². The van der Waals surface area contributed by atoms with Crippen LogP contribution in [0, 0.1) is 0 Å². The number of halogens is 2. The van der Waals surface area contributed by atoms with Gasteiger partial charge in [0.1, 0.15) is 0 Å². The van der Waals surface area contributed by atoms with E-state index in [9.17, 15) is 8.78 Å². The summed E-state index contributed by atoms with van der Waals surface area (Å²) in [6, 6.07) is -0.676. The summed E-state index contributed by atoms with van der Waals surface area (Å²) >= 11 is 0. The van der Waals surface area contributed by atoms with Gasteiger partial charge in [0.15, 0.2) is 0 Å². The normalized spacial score (nSPS) is 26.8. The molecule has 1 aliphatic rings. The lowest BCUT2D eigenvalue weighted by atomic mass is 10.1. The number of hydrogen-bond donors (Lipinski definition) is 1. The van der Waals surface area contributed by atoms with E-state index in [1.807, 2.05) is 0 Å². The first-order valence-electron chi connectivity index (χ1n) is 3.41. The molecule has 0 bridgehead atoms. The van der Waals surface area contributed by atoms with Crippen molar-refractivity contribution in [2.45, 2.75) is 24.8 Å². The Kier molecular flexibility index (Phi) is 2.04. The minimum atomic E-state index is -2.73. The topological polar surface area (TPSA) is 12.0 Å². The summed E-state index contributed by atoms with van der Waals surface area (Å²) in [6.07, 6.45) is 2.11. The van der Waals surface area contributed by atoms with Crippen molar-refractivity contribution in [2.75, 3.05) is 6.54 Å². The molecule has 0 aromatic carbocycles. The highest BCUT2D eigenvalue weighted by molar-refractivity contribution is 4.98. The number of hydrogen-bond acceptors (Lipinski definition) is 1. The van der Waals surface area contributed by atoms with Crippen LogP contribution in [0.4, 0.5) is 8.78 Å². The zero-order valence-corrected chi connectivity index (χ0v) is 5.74. The van der Waals surface area contributed by atoms with Crippen LogP contribution in [0.2, 0.25) is 0 Å². The smallest absolute Gasteiger partial charge is 0.281 e. The summed E-state index contributed by atoms with van der Waals surface area (Å²) in [4.78, 5) is 0. The van der Waals surface area contributed by atoms with Crippen LogP contribution in [-0.4, -0.2) is 18.5 Å². The summed E-state index contributed by atoms with van der Waals surface area (Å²) in [6.45, 7) is 3.79. The van der Waals surface area contributed by atoms with Crippen LogP contribution >= 0.6 is 0 Å². The fraction of sp³-hybridized carbons (Fsp3) is 0.714. The largest absolute Gasteiger partial charge is 0.308 e. The summed E-state index contributed by atoms with van der Waals surface area (Å²) in [5.41, 5.74) is 0. The maximum Gasteiger partial charge on any atom is 0.281 e. The summed E-state index contributed by atoms with van der Waals surface area (Å²) in [5, 5.41) is 2.73. The van der Waals surface area contributed by atoms with Crippen molar-refractivity contribution in [3.05, 3.63) is 12.7 Å². The standard InChI is InChI=1S/C7H11F2N/c1-2-7(8,9)6-4-3-5-10-6/h2,6,10H,1,3-5H2. The van der Waals surface area contributed by atoms with E-state index in [-0.39, 0.29) is 0 Å². The van der Waals surface area contributed by atoms with E-state index in [4.69, 9.17) is 0 Å². The molecular formula is C7H11F2N. The lowest BCUT2D eigenvalue weighted by Gasteiger charge is -2.18. The molecule has 10 heavy (non-hydrogen) atoms. The second-order valence-corrected chi connectivity index (χ2v) is 2.53. The SMILES string of the molecule is C=CC(F)(F)C1CCCN1. The van der Waals surface area contributed by atoms with Gasteiger partial charge in [0.2, 0.25) is 0 Å². The van der Waals surface area contributed by atoms with Gasteiger partial charge < -0.3 is 5.32 Å². The van der Waals surface area contributed by atoms with Crippen LogP contribution in [0.1, 0.15) is 12.8 Å². The first kappa shape index (κ1) is 7.66. The van der Waals surface area contributed by atoms with Gasteiger partial charge in [0.05, 0.1) is 6.04 Å². The second kappa shape index (κ2) is 2.66. The highest BCUT2D eigenvalue weighted by Gasteiger charge is 2.37. The number of alkyl halides is 2. The summed E-state index contributed by atoms with van der Waals surface area (Å²) < 4.78 is 25.4. The van der Waals surface area contributed by atoms with E-state index >= 15 is 0 Å². The average Bonchev–Trinajstić information content (AvgIpc) is 2.38. The van der Waals surface area contributed by atoms with Crippen molar-refractivity contribution < 1.29 is 8.78 Å². The Labute approximate surface area is 59.1 Å². The van der Waals surface area contributed by atoms with Crippen molar-refractivity contribution in [3.63, 3.8) is 0 Å².